The van der Waals surface area contributed by atoms with Gasteiger partial charge in [0.15, 0.2) is 0 Å². The van der Waals surface area contributed by atoms with Crippen molar-refractivity contribution in [2.75, 3.05) is 46.8 Å². The fraction of sp³-hybridized carbons (Fsp3) is 0.600. The summed E-state index contributed by atoms with van der Waals surface area (Å²) in [5.74, 6) is 0.828. The lowest BCUT2D eigenvalue weighted by Crippen LogP contribution is -2.42. The average Bonchev–Trinajstić information content (AvgIpc) is 2.46. The molecular formula is C15H28NO6PS2. The van der Waals surface area contributed by atoms with E-state index in [9.17, 15) is 17.5 Å². The van der Waals surface area contributed by atoms with Crippen molar-refractivity contribution in [1.29, 1.82) is 0 Å². The second-order valence-electron chi connectivity index (χ2n) is 5.84. The molecule has 25 heavy (non-hydrogen) atoms. The Hall–Kier alpha value is -0.410. The highest BCUT2D eigenvalue weighted by Gasteiger charge is 2.22. The monoisotopic (exact) mass is 413 g/mol. The number of hydrogen-bond acceptors (Lipinski definition) is 7. The molecule has 0 aromatic heterocycles. The molecule has 0 aliphatic rings. The van der Waals surface area contributed by atoms with Gasteiger partial charge in [0.05, 0.1) is 40.1 Å². The Kier molecular flexibility index (Phi) is 10.5. The van der Waals surface area contributed by atoms with Crippen LogP contribution in [-0.2, 0) is 23.7 Å². The Labute approximate surface area is 155 Å². The third-order valence-corrected chi connectivity index (χ3v) is 7.49. The SMILES string of the molecule is CCOP(C)(=O)SCC[N+](C)(C)c1cccc(C)c1.COS(=O)(=O)[O-]. The van der Waals surface area contributed by atoms with E-state index in [0.717, 1.165) is 23.9 Å². The molecule has 0 aliphatic carbocycles. The minimum absolute atomic E-state index is 0.511. The summed E-state index contributed by atoms with van der Waals surface area (Å²) in [6.45, 7) is 4.65. The van der Waals surface area contributed by atoms with Gasteiger partial charge in [-0.2, -0.15) is 0 Å². The van der Waals surface area contributed by atoms with Crippen molar-refractivity contribution in [3.63, 3.8) is 0 Å². The predicted octanol–water partition coefficient (Wildman–Crippen LogP) is 3.25. The van der Waals surface area contributed by atoms with E-state index < -0.39 is 17.0 Å². The van der Waals surface area contributed by atoms with Crippen LogP contribution in [-0.4, -0.2) is 59.7 Å². The van der Waals surface area contributed by atoms with E-state index in [1.54, 1.807) is 6.66 Å². The Morgan fingerprint density at radius 1 is 1.32 bits per heavy atom. The molecule has 10 heteroatoms. The first-order chi connectivity index (χ1) is 11.3. The van der Waals surface area contributed by atoms with Gasteiger partial charge in [0.25, 0.3) is 6.57 Å². The second-order valence-corrected chi connectivity index (χ2v) is 12.2. The van der Waals surface area contributed by atoms with Gasteiger partial charge in [-0.1, -0.05) is 23.5 Å². The van der Waals surface area contributed by atoms with Crippen molar-refractivity contribution in [2.24, 2.45) is 0 Å². The lowest BCUT2D eigenvalue weighted by atomic mass is 10.2. The number of hydrogen-bond donors (Lipinski definition) is 0. The molecule has 1 aromatic carbocycles. The van der Waals surface area contributed by atoms with E-state index >= 15 is 0 Å². The van der Waals surface area contributed by atoms with Crippen LogP contribution in [0.2, 0.25) is 0 Å². The van der Waals surface area contributed by atoms with Crippen molar-refractivity contribution in [1.82, 2.24) is 4.48 Å². The summed E-state index contributed by atoms with van der Waals surface area (Å²) in [7, 11) is 0.750. The van der Waals surface area contributed by atoms with Crippen LogP contribution in [0.3, 0.4) is 0 Å². The van der Waals surface area contributed by atoms with Crippen LogP contribution in [0.4, 0.5) is 5.69 Å². The fourth-order valence-electron chi connectivity index (χ4n) is 1.84. The summed E-state index contributed by atoms with van der Waals surface area (Å²) in [5.41, 5.74) is 2.55. The van der Waals surface area contributed by atoms with E-state index in [4.69, 9.17) is 4.52 Å². The molecule has 146 valence electrons. The third-order valence-electron chi connectivity index (χ3n) is 3.24. The van der Waals surface area contributed by atoms with E-state index in [2.05, 4.69) is 49.5 Å². The highest BCUT2D eigenvalue weighted by Crippen LogP contribution is 2.55. The summed E-state index contributed by atoms with van der Waals surface area (Å²) in [5, 5.41) is 0. The molecule has 0 radical (unpaired) electrons. The number of benzene rings is 1. The first kappa shape index (κ1) is 24.6. The zero-order valence-corrected chi connectivity index (χ0v) is 18.1. The van der Waals surface area contributed by atoms with Crippen LogP contribution in [0.15, 0.2) is 24.3 Å². The van der Waals surface area contributed by atoms with Crippen LogP contribution in [0, 0.1) is 6.92 Å². The van der Waals surface area contributed by atoms with Gasteiger partial charge < -0.3 is 9.08 Å². The first-order valence-electron chi connectivity index (χ1n) is 7.61. The summed E-state index contributed by atoms with van der Waals surface area (Å²) in [6.07, 6.45) is 0. The number of nitrogens with zero attached hydrogens (tertiary/aromatic N) is 1. The normalized spacial score (nSPS) is 14.4. The highest BCUT2D eigenvalue weighted by atomic mass is 32.7. The Bertz CT molecular complexity index is 678. The number of quaternary nitrogens is 1. The smallest absolute Gasteiger partial charge is 0.254 e. The second kappa shape index (κ2) is 10.7. The third kappa shape index (κ3) is 11.8. The summed E-state index contributed by atoms with van der Waals surface area (Å²) < 4.78 is 49.1. The molecule has 1 atom stereocenters. The summed E-state index contributed by atoms with van der Waals surface area (Å²) in [4.78, 5) is 0. The first-order valence-corrected chi connectivity index (χ1v) is 12.6. The van der Waals surface area contributed by atoms with Gasteiger partial charge in [-0.05, 0) is 25.5 Å². The number of rotatable bonds is 8. The van der Waals surface area contributed by atoms with E-state index in [1.165, 1.54) is 22.6 Å². The van der Waals surface area contributed by atoms with Crippen LogP contribution in [0.5, 0.6) is 0 Å². The zero-order chi connectivity index (χ0) is 19.7. The maximum Gasteiger partial charge on any atom is 0.254 e. The molecule has 0 spiro atoms. The standard InChI is InChI=1S/C14H25NO2PS.CH4O4S/c1-6-17-18(5,16)19-11-10-15(3,4)14-9-7-8-13(2)12-14;1-5-6(2,3)4/h7-9,12H,6,10-11H2,1-5H3;1H3,(H,2,3,4)/q+1;/p-1. The van der Waals surface area contributed by atoms with Gasteiger partial charge in [0.1, 0.15) is 5.69 Å². The highest BCUT2D eigenvalue weighted by molar-refractivity contribution is 8.56. The lowest BCUT2D eigenvalue weighted by molar-refractivity contribution is 0.314. The molecule has 0 bridgehead atoms. The lowest BCUT2D eigenvalue weighted by Gasteiger charge is -2.29. The molecule has 0 saturated heterocycles. The van der Waals surface area contributed by atoms with Crippen molar-refractivity contribution in [2.45, 2.75) is 13.8 Å². The molecular weight excluding hydrogens is 385 g/mol. The van der Waals surface area contributed by atoms with Crippen molar-refractivity contribution in [3.05, 3.63) is 29.8 Å². The van der Waals surface area contributed by atoms with Crippen LogP contribution in [0.1, 0.15) is 12.5 Å². The summed E-state index contributed by atoms with van der Waals surface area (Å²) in [6, 6.07) is 8.54. The van der Waals surface area contributed by atoms with Gasteiger partial charge in [0, 0.05) is 12.7 Å². The topological polar surface area (TPSA) is 92.7 Å². The van der Waals surface area contributed by atoms with Crippen LogP contribution < -0.4 is 4.48 Å². The largest absolute Gasteiger partial charge is 0.726 e. The van der Waals surface area contributed by atoms with Gasteiger partial charge in [0.2, 0.25) is 10.4 Å². The zero-order valence-electron chi connectivity index (χ0n) is 15.6. The van der Waals surface area contributed by atoms with E-state index in [1.807, 2.05) is 6.92 Å². The van der Waals surface area contributed by atoms with E-state index in [0.29, 0.717) is 6.61 Å². The minimum atomic E-state index is -4.41. The van der Waals surface area contributed by atoms with Gasteiger partial charge >= 0.3 is 0 Å². The predicted molar refractivity (Wildman–Crippen MR) is 104 cm³/mol. The average molecular weight is 413 g/mol. The Morgan fingerprint density at radius 3 is 2.32 bits per heavy atom. The quantitative estimate of drug-likeness (QED) is 0.279. The molecule has 0 N–H and O–H groups in total. The Balaban J connectivity index is 0.000000823. The van der Waals surface area contributed by atoms with Crippen molar-refractivity contribution in [3.8, 4) is 0 Å². The molecule has 0 amide bonds. The molecule has 0 saturated carbocycles. The molecule has 0 heterocycles. The van der Waals surface area contributed by atoms with Crippen molar-refractivity contribution < 1.29 is 26.2 Å². The maximum atomic E-state index is 12.0. The molecule has 0 aliphatic heterocycles. The maximum absolute atomic E-state index is 12.0. The van der Waals surface area contributed by atoms with Crippen molar-refractivity contribution >= 4 is 34.0 Å². The van der Waals surface area contributed by atoms with Crippen LogP contribution in [0.25, 0.3) is 0 Å². The van der Waals surface area contributed by atoms with Gasteiger partial charge in [-0.3, -0.25) is 13.2 Å². The number of aryl methyl sites for hydroxylation is 1. The summed E-state index contributed by atoms with van der Waals surface area (Å²) >= 11 is 1.45. The molecule has 0 fully saturated rings. The molecule has 1 aromatic rings. The fourth-order valence-corrected chi connectivity index (χ4v) is 5.03. The molecule has 7 nitrogen and oxygen atoms in total. The van der Waals surface area contributed by atoms with E-state index in [-0.39, 0.29) is 0 Å². The molecule has 1 rings (SSSR count). The minimum Gasteiger partial charge on any atom is -0.726 e. The van der Waals surface area contributed by atoms with Crippen LogP contribution >= 0.6 is 18.0 Å². The van der Waals surface area contributed by atoms with Gasteiger partial charge in [-0.25, -0.2) is 8.42 Å². The molecule has 1 unspecified atom stereocenters. The Morgan fingerprint density at radius 2 is 1.88 bits per heavy atom. The van der Waals surface area contributed by atoms with Gasteiger partial charge in [-0.15, -0.1) is 0 Å².